The van der Waals surface area contributed by atoms with Crippen LogP contribution in [0.1, 0.15) is 80.9 Å². The molecule has 3 aromatic rings. The third-order valence-electron chi connectivity index (χ3n) is 7.62. The summed E-state index contributed by atoms with van der Waals surface area (Å²) in [6.45, 7) is 2.87. The molecule has 0 saturated heterocycles. The maximum atomic E-state index is 10.8. The Morgan fingerprint density at radius 3 is 2.73 bits per heavy atom. The van der Waals surface area contributed by atoms with Gasteiger partial charge in [-0.3, -0.25) is 9.78 Å². The maximum absolute atomic E-state index is 10.8. The Kier molecular flexibility index (Phi) is 7.82. The molecular weight excluding hydrogens is 484 g/mol. The molecule has 0 spiro atoms. The molecule has 1 aromatic heterocycles. The largest absolute Gasteiger partial charge is 0.490 e. The van der Waals surface area contributed by atoms with Crippen molar-refractivity contribution in [1.82, 2.24) is 10.3 Å². The molecule has 1 unspecified atom stereocenters. The summed E-state index contributed by atoms with van der Waals surface area (Å²) in [7, 11) is 0. The molecule has 194 valence electrons. The van der Waals surface area contributed by atoms with Gasteiger partial charge in [0.15, 0.2) is 0 Å². The number of nitrogens with one attached hydrogen (secondary N) is 1. The summed E-state index contributed by atoms with van der Waals surface area (Å²) < 4.78 is 6.24. The average molecular weight is 519 g/mol. The van der Waals surface area contributed by atoms with Crippen molar-refractivity contribution in [2.45, 2.75) is 82.4 Å². The van der Waals surface area contributed by atoms with E-state index in [1.165, 1.54) is 16.7 Å². The van der Waals surface area contributed by atoms with Crippen LogP contribution in [0.5, 0.6) is 5.75 Å². The molecule has 5 rings (SSSR count). The minimum atomic E-state index is -0.725. The minimum absolute atomic E-state index is 0.127. The molecule has 37 heavy (non-hydrogen) atoms. The molecule has 2 aliphatic rings. The van der Waals surface area contributed by atoms with Crippen molar-refractivity contribution in [3.8, 4) is 16.9 Å². The molecule has 0 bridgehead atoms. The molecule has 1 heterocycles. The van der Waals surface area contributed by atoms with Crippen LogP contribution in [0.2, 0.25) is 5.02 Å². The van der Waals surface area contributed by atoms with Crippen LogP contribution in [0.3, 0.4) is 0 Å². The topological polar surface area (TPSA) is 71.5 Å². The standard InChI is InChI=1S/C31H35ClN2O3/c1-21(6-2-5-9-30(35)36)22-10-13-28(32)23(18-22)19-34-31(15-16-31)27-20-33-17-14-25(27)26-7-3-4-8-29(26)37-24-11-12-24/h3-4,7-8,10,13-14,17-18,20-21,24,34H,2,5-6,9,11-12,15-16,19H2,1H3,(H,35,36). The van der Waals surface area contributed by atoms with Crippen LogP contribution in [-0.4, -0.2) is 22.2 Å². The number of carbonyl (C=O) groups is 1. The number of aromatic nitrogens is 1. The number of pyridine rings is 1. The highest BCUT2D eigenvalue weighted by molar-refractivity contribution is 6.31. The van der Waals surface area contributed by atoms with E-state index in [0.717, 1.165) is 60.4 Å². The number of benzene rings is 2. The van der Waals surface area contributed by atoms with Gasteiger partial charge < -0.3 is 15.2 Å². The molecule has 2 aliphatic carbocycles. The smallest absolute Gasteiger partial charge is 0.303 e. The second-order valence-electron chi connectivity index (χ2n) is 10.6. The molecule has 2 fully saturated rings. The Hall–Kier alpha value is -2.89. The molecule has 5 nitrogen and oxygen atoms in total. The lowest BCUT2D eigenvalue weighted by molar-refractivity contribution is -0.137. The average Bonchev–Trinajstić information content (AvgIpc) is 3.83. The number of nitrogens with zero attached hydrogens (tertiary/aromatic N) is 1. The summed E-state index contributed by atoms with van der Waals surface area (Å²) in [6, 6.07) is 16.7. The van der Waals surface area contributed by atoms with Crippen LogP contribution < -0.4 is 10.1 Å². The SMILES string of the molecule is CC(CCCCC(=O)O)c1ccc(Cl)c(CNC2(c3cnccc3-c3ccccc3OC3CC3)CC2)c1. The highest BCUT2D eigenvalue weighted by atomic mass is 35.5. The fraction of sp³-hybridized carbons (Fsp3) is 0.419. The summed E-state index contributed by atoms with van der Waals surface area (Å²) in [4.78, 5) is 15.3. The van der Waals surface area contributed by atoms with E-state index >= 15 is 0 Å². The number of halogens is 1. The van der Waals surface area contributed by atoms with Gasteiger partial charge in [-0.25, -0.2) is 0 Å². The van der Waals surface area contributed by atoms with E-state index in [1.807, 2.05) is 24.5 Å². The lowest BCUT2D eigenvalue weighted by atomic mass is 9.93. The molecule has 2 aromatic carbocycles. The first-order valence-electron chi connectivity index (χ1n) is 13.4. The normalized spacial score (nSPS) is 16.8. The van der Waals surface area contributed by atoms with Gasteiger partial charge in [0.25, 0.3) is 0 Å². The third-order valence-corrected chi connectivity index (χ3v) is 7.98. The van der Waals surface area contributed by atoms with Crippen LogP contribution >= 0.6 is 11.6 Å². The molecule has 0 amide bonds. The Labute approximate surface area is 224 Å². The van der Waals surface area contributed by atoms with E-state index < -0.39 is 5.97 Å². The fourth-order valence-corrected chi connectivity index (χ4v) is 5.21. The van der Waals surface area contributed by atoms with Crippen molar-refractivity contribution in [3.05, 3.63) is 82.6 Å². The number of aliphatic carboxylic acids is 1. The van der Waals surface area contributed by atoms with E-state index in [-0.39, 0.29) is 12.0 Å². The van der Waals surface area contributed by atoms with E-state index in [4.69, 9.17) is 21.4 Å². The van der Waals surface area contributed by atoms with Crippen molar-refractivity contribution in [3.63, 3.8) is 0 Å². The monoisotopic (exact) mass is 518 g/mol. The second kappa shape index (κ2) is 11.2. The van der Waals surface area contributed by atoms with Crippen molar-refractivity contribution in [2.24, 2.45) is 0 Å². The Morgan fingerprint density at radius 2 is 1.97 bits per heavy atom. The number of hydrogen-bond donors (Lipinski definition) is 2. The van der Waals surface area contributed by atoms with Crippen molar-refractivity contribution >= 4 is 17.6 Å². The number of carboxylic acid groups (broad SMARTS) is 1. The van der Waals surface area contributed by atoms with Gasteiger partial charge in [-0.2, -0.15) is 0 Å². The highest BCUT2D eigenvalue weighted by Gasteiger charge is 2.45. The molecular formula is C31H35ClN2O3. The first kappa shape index (κ1) is 25.7. The summed E-state index contributed by atoms with van der Waals surface area (Å²) >= 11 is 6.63. The summed E-state index contributed by atoms with van der Waals surface area (Å²) in [5.41, 5.74) is 5.71. The summed E-state index contributed by atoms with van der Waals surface area (Å²) in [5.74, 6) is 0.575. The van der Waals surface area contributed by atoms with Crippen molar-refractivity contribution in [1.29, 1.82) is 0 Å². The van der Waals surface area contributed by atoms with Crippen molar-refractivity contribution in [2.75, 3.05) is 0 Å². The van der Waals surface area contributed by atoms with Crippen LogP contribution in [-0.2, 0) is 16.9 Å². The predicted molar refractivity (Wildman–Crippen MR) is 147 cm³/mol. The summed E-state index contributed by atoms with van der Waals surface area (Å²) in [6.07, 6.45) is 11.4. The first-order valence-corrected chi connectivity index (χ1v) is 13.8. The number of ether oxygens (including phenoxy) is 1. The quantitative estimate of drug-likeness (QED) is 0.230. The summed E-state index contributed by atoms with van der Waals surface area (Å²) in [5, 5.41) is 13.5. The van der Waals surface area contributed by atoms with Gasteiger partial charge in [-0.05, 0) is 84.9 Å². The third kappa shape index (κ3) is 6.34. The van der Waals surface area contributed by atoms with Crippen LogP contribution in [0.25, 0.3) is 11.1 Å². The fourth-order valence-electron chi connectivity index (χ4n) is 5.03. The van der Waals surface area contributed by atoms with Gasteiger partial charge in [0.1, 0.15) is 5.75 Å². The zero-order valence-electron chi connectivity index (χ0n) is 21.4. The van der Waals surface area contributed by atoms with Gasteiger partial charge in [-0.15, -0.1) is 0 Å². The molecule has 2 saturated carbocycles. The van der Waals surface area contributed by atoms with Gasteiger partial charge >= 0.3 is 5.97 Å². The Balaban J connectivity index is 1.31. The van der Waals surface area contributed by atoms with Gasteiger partial charge in [-0.1, -0.05) is 55.3 Å². The lowest BCUT2D eigenvalue weighted by Gasteiger charge is -2.23. The second-order valence-corrected chi connectivity index (χ2v) is 11.0. The number of carboxylic acids is 1. The number of rotatable bonds is 13. The van der Waals surface area contributed by atoms with Gasteiger partial charge in [0, 0.05) is 41.5 Å². The molecule has 0 radical (unpaired) electrons. The number of hydrogen-bond acceptors (Lipinski definition) is 4. The zero-order chi connectivity index (χ0) is 25.8. The maximum Gasteiger partial charge on any atom is 0.303 e. The first-order chi connectivity index (χ1) is 17.9. The van der Waals surface area contributed by atoms with Crippen LogP contribution in [0.15, 0.2) is 60.9 Å². The minimum Gasteiger partial charge on any atom is -0.490 e. The molecule has 0 aliphatic heterocycles. The van der Waals surface area contributed by atoms with E-state index in [2.05, 4.69) is 53.6 Å². The van der Waals surface area contributed by atoms with Gasteiger partial charge in [0.05, 0.1) is 6.10 Å². The predicted octanol–water partition coefficient (Wildman–Crippen LogP) is 7.47. The van der Waals surface area contributed by atoms with E-state index in [9.17, 15) is 4.79 Å². The number of para-hydroxylation sites is 1. The van der Waals surface area contributed by atoms with E-state index in [1.54, 1.807) is 0 Å². The van der Waals surface area contributed by atoms with Gasteiger partial charge in [0.2, 0.25) is 0 Å². The van der Waals surface area contributed by atoms with Crippen LogP contribution in [0.4, 0.5) is 0 Å². The van der Waals surface area contributed by atoms with E-state index in [0.29, 0.717) is 25.0 Å². The zero-order valence-corrected chi connectivity index (χ0v) is 22.1. The number of unbranched alkanes of at least 4 members (excludes halogenated alkanes) is 1. The molecule has 2 N–H and O–H groups in total. The Morgan fingerprint density at radius 1 is 1.16 bits per heavy atom. The Bertz CT molecular complexity index is 1250. The highest BCUT2D eigenvalue weighted by Crippen LogP contribution is 2.50. The van der Waals surface area contributed by atoms with Crippen molar-refractivity contribution < 1.29 is 14.6 Å². The molecule has 1 atom stereocenters. The molecule has 6 heteroatoms. The van der Waals surface area contributed by atoms with Crippen LogP contribution in [0, 0.1) is 0 Å². The lowest BCUT2D eigenvalue weighted by Crippen LogP contribution is -2.29.